The Hall–Kier alpha value is -3.57. The summed E-state index contributed by atoms with van der Waals surface area (Å²) in [7, 11) is 0. The maximum Gasteiger partial charge on any atom is 0.253 e. The standard InChI is InChI=1S/C28H28ClN3O2/c1-19(15-16-20-9-3-2-4-10-20)31-28(34)26(32-27(33)23-12-5-7-13-24(23)29)17-21-18-30-25-14-8-6-11-22(21)25/h2-14,18-19,26,30H,15-17H2,1H3,(H,31,34)(H,32,33)/t19?,26-/m1/s1. The summed E-state index contributed by atoms with van der Waals surface area (Å²) >= 11 is 6.22. The molecule has 0 aliphatic carbocycles. The summed E-state index contributed by atoms with van der Waals surface area (Å²) in [6.07, 6.45) is 3.91. The number of carbonyl (C=O) groups is 2. The van der Waals surface area contributed by atoms with E-state index in [4.69, 9.17) is 11.6 Å². The summed E-state index contributed by atoms with van der Waals surface area (Å²) in [5.41, 5.74) is 3.53. The fourth-order valence-corrected chi connectivity index (χ4v) is 4.28. The zero-order valence-electron chi connectivity index (χ0n) is 19.1. The van der Waals surface area contributed by atoms with Crippen molar-refractivity contribution in [1.82, 2.24) is 15.6 Å². The second-order valence-corrected chi connectivity index (χ2v) is 8.91. The molecule has 6 heteroatoms. The van der Waals surface area contributed by atoms with Gasteiger partial charge in [-0.3, -0.25) is 9.59 Å². The van der Waals surface area contributed by atoms with Crippen LogP contribution < -0.4 is 10.6 Å². The predicted octanol–water partition coefficient (Wildman–Crippen LogP) is 5.30. The normalized spacial score (nSPS) is 12.8. The molecule has 34 heavy (non-hydrogen) atoms. The van der Waals surface area contributed by atoms with Crippen molar-refractivity contribution in [3.05, 3.63) is 107 Å². The number of nitrogens with one attached hydrogen (secondary N) is 3. The Morgan fingerprint density at radius 1 is 0.912 bits per heavy atom. The number of aryl methyl sites for hydroxylation is 1. The number of para-hydroxylation sites is 1. The lowest BCUT2D eigenvalue weighted by Gasteiger charge is -2.22. The molecule has 0 saturated carbocycles. The van der Waals surface area contributed by atoms with Gasteiger partial charge >= 0.3 is 0 Å². The minimum absolute atomic E-state index is 0.0459. The summed E-state index contributed by atoms with van der Waals surface area (Å²) in [4.78, 5) is 29.5. The molecule has 1 heterocycles. The monoisotopic (exact) mass is 473 g/mol. The molecule has 0 aliphatic heterocycles. The van der Waals surface area contributed by atoms with Crippen LogP contribution in [0.15, 0.2) is 85.1 Å². The van der Waals surface area contributed by atoms with Crippen LogP contribution >= 0.6 is 11.6 Å². The van der Waals surface area contributed by atoms with Crippen LogP contribution in [0.2, 0.25) is 5.02 Å². The molecule has 0 bridgehead atoms. The SMILES string of the molecule is CC(CCc1ccccc1)NC(=O)[C@@H](Cc1c[nH]c2ccccc12)NC(=O)c1ccccc1Cl. The molecule has 4 rings (SSSR count). The molecule has 5 nitrogen and oxygen atoms in total. The number of fused-ring (bicyclic) bond motifs is 1. The van der Waals surface area contributed by atoms with Crippen LogP contribution in [0.25, 0.3) is 10.9 Å². The van der Waals surface area contributed by atoms with E-state index in [1.165, 1.54) is 5.56 Å². The number of halogens is 1. The van der Waals surface area contributed by atoms with Crippen molar-refractivity contribution in [3.8, 4) is 0 Å². The molecule has 0 spiro atoms. The second kappa shape index (κ2) is 11.0. The molecule has 1 aromatic heterocycles. The van der Waals surface area contributed by atoms with Gasteiger partial charge in [0.15, 0.2) is 0 Å². The lowest BCUT2D eigenvalue weighted by atomic mass is 10.0. The van der Waals surface area contributed by atoms with Crippen LogP contribution in [-0.2, 0) is 17.6 Å². The maximum atomic E-state index is 13.3. The zero-order valence-corrected chi connectivity index (χ0v) is 19.8. The number of amides is 2. The van der Waals surface area contributed by atoms with Crippen molar-refractivity contribution in [2.45, 2.75) is 38.3 Å². The van der Waals surface area contributed by atoms with Gasteiger partial charge in [0.05, 0.1) is 10.6 Å². The first-order chi connectivity index (χ1) is 16.5. The lowest BCUT2D eigenvalue weighted by molar-refractivity contribution is -0.123. The Balaban J connectivity index is 1.49. The fraction of sp³-hybridized carbons (Fsp3) is 0.214. The van der Waals surface area contributed by atoms with Gasteiger partial charge in [-0.1, -0.05) is 72.3 Å². The van der Waals surface area contributed by atoms with Crippen molar-refractivity contribution in [3.63, 3.8) is 0 Å². The van der Waals surface area contributed by atoms with Crippen LogP contribution in [0, 0.1) is 0 Å². The molecule has 0 saturated heterocycles. The van der Waals surface area contributed by atoms with E-state index in [0.717, 1.165) is 29.3 Å². The van der Waals surface area contributed by atoms with Gasteiger partial charge in [0.1, 0.15) is 6.04 Å². The average Bonchev–Trinajstić information content (AvgIpc) is 3.26. The molecule has 0 aliphatic rings. The van der Waals surface area contributed by atoms with Crippen LogP contribution in [0.3, 0.4) is 0 Å². The van der Waals surface area contributed by atoms with E-state index >= 15 is 0 Å². The molecular formula is C28H28ClN3O2. The van der Waals surface area contributed by atoms with Crippen molar-refractivity contribution < 1.29 is 9.59 Å². The summed E-state index contributed by atoms with van der Waals surface area (Å²) < 4.78 is 0. The largest absolute Gasteiger partial charge is 0.361 e. The van der Waals surface area contributed by atoms with Crippen LogP contribution in [0.5, 0.6) is 0 Å². The molecule has 3 aromatic carbocycles. The lowest BCUT2D eigenvalue weighted by Crippen LogP contribution is -2.50. The van der Waals surface area contributed by atoms with E-state index in [2.05, 4.69) is 27.8 Å². The Labute approximate surface area is 204 Å². The number of hydrogen-bond donors (Lipinski definition) is 3. The molecule has 174 valence electrons. The number of hydrogen-bond acceptors (Lipinski definition) is 2. The third-order valence-electron chi connectivity index (χ3n) is 5.94. The van der Waals surface area contributed by atoms with Gasteiger partial charge in [-0.2, -0.15) is 0 Å². The van der Waals surface area contributed by atoms with Crippen molar-refractivity contribution >= 4 is 34.3 Å². The molecule has 1 unspecified atom stereocenters. The molecule has 2 amide bonds. The molecule has 0 radical (unpaired) electrons. The zero-order chi connectivity index (χ0) is 23.9. The highest BCUT2D eigenvalue weighted by atomic mass is 35.5. The quantitative estimate of drug-likeness (QED) is 0.308. The molecule has 3 N–H and O–H groups in total. The van der Waals surface area contributed by atoms with E-state index in [1.807, 2.05) is 55.6 Å². The van der Waals surface area contributed by atoms with Crippen molar-refractivity contribution in [1.29, 1.82) is 0 Å². The first-order valence-corrected chi connectivity index (χ1v) is 11.8. The Bertz CT molecular complexity index is 1270. The van der Waals surface area contributed by atoms with Crippen LogP contribution in [0.1, 0.15) is 34.8 Å². The number of carbonyl (C=O) groups excluding carboxylic acids is 2. The third-order valence-corrected chi connectivity index (χ3v) is 6.27. The first-order valence-electron chi connectivity index (χ1n) is 11.5. The molecule has 4 aromatic rings. The second-order valence-electron chi connectivity index (χ2n) is 8.50. The number of rotatable bonds is 9. The van der Waals surface area contributed by atoms with E-state index in [0.29, 0.717) is 17.0 Å². The van der Waals surface area contributed by atoms with Gasteiger partial charge in [0.25, 0.3) is 5.91 Å². The highest BCUT2D eigenvalue weighted by Gasteiger charge is 2.25. The maximum absolute atomic E-state index is 13.3. The van der Waals surface area contributed by atoms with E-state index in [1.54, 1.807) is 24.3 Å². The average molecular weight is 474 g/mol. The number of benzene rings is 3. The smallest absolute Gasteiger partial charge is 0.253 e. The van der Waals surface area contributed by atoms with Crippen LogP contribution in [-0.4, -0.2) is 28.9 Å². The van der Waals surface area contributed by atoms with Gasteiger partial charge in [-0.25, -0.2) is 0 Å². The van der Waals surface area contributed by atoms with Gasteiger partial charge in [-0.05, 0) is 49.1 Å². The van der Waals surface area contributed by atoms with Gasteiger partial charge < -0.3 is 15.6 Å². The van der Waals surface area contributed by atoms with Gasteiger partial charge in [0, 0.05) is 29.6 Å². The summed E-state index contributed by atoms with van der Waals surface area (Å²) in [6.45, 7) is 1.99. The minimum Gasteiger partial charge on any atom is -0.361 e. The highest BCUT2D eigenvalue weighted by Crippen LogP contribution is 2.20. The number of aromatic amines is 1. The minimum atomic E-state index is -0.748. The first kappa shape index (κ1) is 23.6. The summed E-state index contributed by atoms with van der Waals surface area (Å²) in [5.74, 6) is -0.589. The molecule has 2 atom stereocenters. The predicted molar refractivity (Wildman–Crippen MR) is 137 cm³/mol. The van der Waals surface area contributed by atoms with E-state index in [-0.39, 0.29) is 17.9 Å². The molecular weight excluding hydrogens is 446 g/mol. The third kappa shape index (κ3) is 5.86. The Morgan fingerprint density at radius 2 is 1.62 bits per heavy atom. The van der Waals surface area contributed by atoms with Crippen molar-refractivity contribution in [2.24, 2.45) is 0 Å². The van der Waals surface area contributed by atoms with Crippen LogP contribution in [0.4, 0.5) is 0 Å². The summed E-state index contributed by atoms with van der Waals surface area (Å²) in [6, 6.07) is 24.1. The fourth-order valence-electron chi connectivity index (χ4n) is 4.05. The highest BCUT2D eigenvalue weighted by molar-refractivity contribution is 6.33. The van der Waals surface area contributed by atoms with E-state index < -0.39 is 6.04 Å². The number of aromatic nitrogens is 1. The molecule has 0 fully saturated rings. The van der Waals surface area contributed by atoms with Gasteiger partial charge in [0.2, 0.25) is 5.91 Å². The topological polar surface area (TPSA) is 74.0 Å². The van der Waals surface area contributed by atoms with Gasteiger partial charge in [-0.15, -0.1) is 0 Å². The Kier molecular flexibility index (Phi) is 7.65. The van der Waals surface area contributed by atoms with Crippen molar-refractivity contribution in [2.75, 3.05) is 0 Å². The number of H-pyrrole nitrogens is 1. The Morgan fingerprint density at radius 3 is 2.41 bits per heavy atom. The summed E-state index contributed by atoms with van der Waals surface area (Å²) in [5, 5.41) is 7.37. The van der Waals surface area contributed by atoms with E-state index in [9.17, 15) is 9.59 Å².